The van der Waals surface area contributed by atoms with E-state index in [4.69, 9.17) is 4.74 Å². The van der Waals surface area contributed by atoms with Gasteiger partial charge in [0.1, 0.15) is 13.1 Å². The zero-order valence-corrected chi connectivity index (χ0v) is 20.7. The zero-order chi connectivity index (χ0) is 22.7. The molecule has 32 heavy (non-hydrogen) atoms. The van der Waals surface area contributed by atoms with Crippen molar-refractivity contribution in [2.75, 3.05) is 39.4 Å². The third-order valence-corrected chi connectivity index (χ3v) is 6.95. The fraction of sp³-hybridized carbons (Fsp3) is 0.333. The van der Waals surface area contributed by atoms with E-state index < -0.39 is 23.5 Å². The highest BCUT2D eigenvalue weighted by atomic mass is 79.9. The predicted octanol–water partition coefficient (Wildman–Crippen LogP) is 1.74. The van der Waals surface area contributed by atoms with E-state index in [1.807, 2.05) is 24.3 Å². The molecule has 1 N–H and O–H groups in total. The van der Waals surface area contributed by atoms with Gasteiger partial charge in [0, 0.05) is 27.5 Å². The fourth-order valence-corrected chi connectivity index (χ4v) is 4.97. The summed E-state index contributed by atoms with van der Waals surface area (Å²) >= 11 is 6.84. The van der Waals surface area contributed by atoms with Crippen molar-refractivity contribution in [3.8, 4) is 0 Å². The molecular formula is C24H24Br2N2O4. The quantitative estimate of drug-likeness (QED) is 0.330. The molecule has 1 unspecified atom stereocenters. The van der Waals surface area contributed by atoms with Gasteiger partial charge in [-0.3, -0.25) is 9.59 Å². The van der Waals surface area contributed by atoms with Crippen LogP contribution in [0.1, 0.15) is 23.6 Å². The first-order valence-electron chi connectivity index (χ1n) is 10.6. The Bertz CT molecular complexity index is 1030. The number of ketones is 1. The van der Waals surface area contributed by atoms with Crippen molar-refractivity contribution < 1.29 is 24.3 Å². The van der Waals surface area contributed by atoms with Gasteiger partial charge in [-0.2, -0.15) is 0 Å². The molecule has 2 aliphatic rings. The summed E-state index contributed by atoms with van der Waals surface area (Å²) in [6.07, 6.45) is 0.749. The molecule has 0 bridgehead atoms. The van der Waals surface area contributed by atoms with Gasteiger partial charge in [-0.15, -0.1) is 0 Å². The molecule has 2 aliphatic heterocycles. The Labute approximate surface area is 204 Å². The van der Waals surface area contributed by atoms with Gasteiger partial charge in [0.25, 0.3) is 5.91 Å². The van der Waals surface area contributed by atoms with E-state index in [0.29, 0.717) is 12.1 Å². The lowest BCUT2D eigenvalue weighted by atomic mass is 9.95. The molecule has 0 saturated carbocycles. The number of ether oxygens (including phenoxy) is 1. The van der Waals surface area contributed by atoms with Crippen LogP contribution >= 0.6 is 31.9 Å². The van der Waals surface area contributed by atoms with Crippen molar-refractivity contribution in [1.29, 1.82) is 0 Å². The number of hydrogen-bond acceptors (Lipinski definition) is 4. The van der Waals surface area contributed by atoms with Gasteiger partial charge in [0.15, 0.2) is 0 Å². The van der Waals surface area contributed by atoms with Gasteiger partial charge < -0.3 is 19.6 Å². The van der Waals surface area contributed by atoms with Crippen molar-refractivity contribution in [3.63, 3.8) is 0 Å². The van der Waals surface area contributed by atoms with Crippen molar-refractivity contribution >= 4 is 49.3 Å². The smallest absolute Gasteiger partial charge is 0.295 e. The number of benzene rings is 2. The number of likely N-dealkylation sites (tertiary alicyclic amines) is 1. The summed E-state index contributed by atoms with van der Waals surface area (Å²) in [5, 5.41) is 13.4. The molecule has 2 saturated heterocycles. The lowest BCUT2D eigenvalue weighted by Crippen LogP contribution is -3.14. The molecule has 168 valence electrons. The average molecular weight is 564 g/mol. The minimum absolute atomic E-state index is 0.0224. The molecule has 0 spiro atoms. The molecule has 8 heteroatoms. The van der Waals surface area contributed by atoms with Crippen LogP contribution in [0, 0.1) is 0 Å². The van der Waals surface area contributed by atoms with Crippen LogP contribution in [0.25, 0.3) is 5.76 Å². The lowest BCUT2D eigenvalue weighted by Gasteiger charge is -2.29. The molecular weight excluding hydrogens is 540 g/mol. The van der Waals surface area contributed by atoms with E-state index >= 15 is 0 Å². The molecule has 0 radical (unpaired) electrons. The molecule has 0 aromatic heterocycles. The van der Waals surface area contributed by atoms with Crippen LogP contribution < -0.4 is 10.0 Å². The largest absolute Gasteiger partial charge is 0.872 e. The summed E-state index contributed by atoms with van der Waals surface area (Å²) < 4.78 is 7.07. The zero-order valence-electron chi connectivity index (χ0n) is 17.5. The molecule has 2 aromatic rings. The molecule has 4 rings (SSSR count). The maximum atomic E-state index is 13.4. The van der Waals surface area contributed by atoms with Gasteiger partial charge in [-0.25, -0.2) is 0 Å². The van der Waals surface area contributed by atoms with E-state index in [1.165, 1.54) is 4.90 Å². The number of hydrogen-bond donors (Lipinski definition) is 1. The Morgan fingerprint density at radius 2 is 1.78 bits per heavy atom. The van der Waals surface area contributed by atoms with Crippen LogP contribution in [0.5, 0.6) is 0 Å². The number of carbonyl (C=O) groups is 2. The van der Waals surface area contributed by atoms with Crippen molar-refractivity contribution in [1.82, 2.24) is 4.90 Å². The summed E-state index contributed by atoms with van der Waals surface area (Å²) in [6.45, 7) is 4.70. The SMILES string of the molecule is O=C1C(=O)N(CCC[NH+]2CCOCC2)C(c2cccc(Br)c2)C1=C([O-])c1ccc(Br)cc1. The molecule has 6 nitrogen and oxygen atoms in total. The highest BCUT2D eigenvalue weighted by Crippen LogP contribution is 2.39. The minimum atomic E-state index is -0.707. The van der Waals surface area contributed by atoms with Crippen molar-refractivity contribution in [2.45, 2.75) is 12.5 Å². The second-order valence-electron chi connectivity index (χ2n) is 8.00. The Morgan fingerprint density at radius 1 is 1.06 bits per heavy atom. The summed E-state index contributed by atoms with van der Waals surface area (Å²) in [5.74, 6) is -1.71. The summed E-state index contributed by atoms with van der Waals surface area (Å²) in [4.78, 5) is 29.1. The Morgan fingerprint density at radius 3 is 2.47 bits per heavy atom. The van der Waals surface area contributed by atoms with Crippen LogP contribution in [0.4, 0.5) is 0 Å². The molecule has 1 atom stereocenters. The normalized spacial score (nSPS) is 21.3. The van der Waals surface area contributed by atoms with Gasteiger partial charge in [-0.05, 0) is 35.4 Å². The van der Waals surface area contributed by atoms with Crippen LogP contribution in [0.3, 0.4) is 0 Å². The first-order valence-corrected chi connectivity index (χ1v) is 12.2. The second kappa shape index (κ2) is 10.3. The minimum Gasteiger partial charge on any atom is -0.872 e. The number of Topliss-reactive ketones (excluding diaryl/α,β-unsaturated/α-hetero) is 1. The van der Waals surface area contributed by atoms with E-state index in [-0.39, 0.29) is 5.57 Å². The van der Waals surface area contributed by atoms with Crippen LogP contribution in [-0.4, -0.2) is 56.0 Å². The number of quaternary nitrogens is 1. The average Bonchev–Trinajstić information content (AvgIpc) is 3.05. The Hall–Kier alpha value is -2.00. The third kappa shape index (κ3) is 4.98. The van der Waals surface area contributed by atoms with Crippen LogP contribution in [0.15, 0.2) is 63.0 Å². The van der Waals surface area contributed by atoms with Crippen LogP contribution in [0.2, 0.25) is 0 Å². The standard InChI is InChI=1S/C24H24Br2N2O4/c25-18-7-5-16(6-8-18)22(29)20-21(17-3-1-4-19(26)15-17)28(24(31)23(20)30)10-2-9-27-11-13-32-14-12-27/h1,3-8,15,21,29H,2,9-14H2. The highest BCUT2D eigenvalue weighted by Gasteiger charge is 2.44. The second-order valence-corrected chi connectivity index (χ2v) is 9.83. The molecule has 1 amide bonds. The van der Waals surface area contributed by atoms with Crippen molar-refractivity contribution in [2.24, 2.45) is 0 Å². The first-order chi connectivity index (χ1) is 15.5. The number of rotatable bonds is 6. The number of halogens is 2. The van der Waals surface area contributed by atoms with E-state index in [2.05, 4.69) is 31.9 Å². The number of amides is 1. The third-order valence-electron chi connectivity index (χ3n) is 5.93. The number of morpholine rings is 1. The number of nitrogens with one attached hydrogen (secondary N) is 1. The first kappa shape index (κ1) is 23.2. The van der Waals surface area contributed by atoms with Gasteiger partial charge in [0.05, 0.1) is 25.8 Å². The maximum absolute atomic E-state index is 13.4. The Balaban J connectivity index is 1.67. The van der Waals surface area contributed by atoms with Gasteiger partial charge >= 0.3 is 0 Å². The predicted molar refractivity (Wildman–Crippen MR) is 126 cm³/mol. The number of nitrogens with zero attached hydrogens (tertiary/aromatic N) is 1. The van der Waals surface area contributed by atoms with E-state index in [1.54, 1.807) is 29.2 Å². The van der Waals surface area contributed by atoms with E-state index in [9.17, 15) is 14.7 Å². The van der Waals surface area contributed by atoms with E-state index in [0.717, 1.165) is 53.8 Å². The Kier molecular flexibility index (Phi) is 7.45. The maximum Gasteiger partial charge on any atom is 0.295 e. The summed E-state index contributed by atoms with van der Waals surface area (Å²) in [6, 6.07) is 13.6. The van der Waals surface area contributed by atoms with Crippen molar-refractivity contribution in [3.05, 3.63) is 74.2 Å². The van der Waals surface area contributed by atoms with Gasteiger partial charge in [-0.1, -0.05) is 61.9 Å². The lowest BCUT2D eigenvalue weighted by molar-refractivity contribution is -0.908. The number of carbonyl (C=O) groups excluding carboxylic acids is 2. The topological polar surface area (TPSA) is 74.1 Å². The fourth-order valence-electron chi connectivity index (χ4n) is 4.29. The summed E-state index contributed by atoms with van der Waals surface area (Å²) in [5.41, 5.74) is 1.16. The highest BCUT2D eigenvalue weighted by molar-refractivity contribution is 9.10. The summed E-state index contributed by atoms with van der Waals surface area (Å²) in [7, 11) is 0. The molecule has 0 aliphatic carbocycles. The monoisotopic (exact) mass is 562 g/mol. The molecule has 2 heterocycles. The van der Waals surface area contributed by atoms with Crippen LogP contribution in [-0.2, 0) is 14.3 Å². The molecule has 2 aromatic carbocycles. The molecule has 2 fully saturated rings. The van der Waals surface area contributed by atoms with Gasteiger partial charge in [0.2, 0.25) is 5.78 Å².